The Morgan fingerprint density at radius 1 is 1.26 bits per heavy atom. The predicted octanol–water partition coefficient (Wildman–Crippen LogP) is 5.06. The van der Waals surface area contributed by atoms with Crippen molar-refractivity contribution in [2.45, 2.75) is 70.5 Å². The highest BCUT2D eigenvalue weighted by Crippen LogP contribution is 2.39. The number of halogens is 3. The first-order chi connectivity index (χ1) is 18.3. The van der Waals surface area contributed by atoms with E-state index in [9.17, 15) is 26.4 Å². The normalized spacial score (nSPS) is 16.0. The lowest BCUT2D eigenvalue weighted by Crippen LogP contribution is -2.42. The summed E-state index contributed by atoms with van der Waals surface area (Å²) in [5, 5.41) is 3.78. The fraction of sp³-hybridized carbons (Fsp3) is 0.520. The summed E-state index contributed by atoms with van der Waals surface area (Å²) in [5.41, 5.74) is 3.95. The number of nitrogens with two attached hydrogens (primary N) is 1. The van der Waals surface area contributed by atoms with Crippen molar-refractivity contribution in [1.82, 2.24) is 19.3 Å². The molecule has 1 fully saturated rings. The van der Waals surface area contributed by atoms with E-state index in [1.807, 2.05) is 13.8 Å². The zero-order valence-corrected chi connectivity index (χ0v) is 23.5. The van der Waals surface area contributed by atoms with Gasteiger partial charge in [0.05, 0.1) is 20.5 Å². The third-order valence-electron chi connectivity index (χ3n) is 6.19. The molecule has 1 aliphatic rings. The van der Waals surface area contributed by atoms with Crippen molar-refractivity contribution < 1.29 is 26.4 Å². The maximum atomic E-state index is 13.7. The molecule has 0 aliphatic carbocycles. The summed E-state index contributed by atoms with van der Waals surface area (Å²) in [6, 6.07) is -0.223. The van der Waals surface area contributed by atoms with Gasteiger partial charge in [0.2, 0.25) is 21.9 Å². The second kappa shape index (κ2) is 13.0. The van der Waals surface area contributed by atoms with Crippen LogP contribution in [0.25, 0.3) is 10.6 Å². The number of piperidine rings is 1. The maximum Gasteiger partial charge on any atom is 0.420 e. The number of sulfonamides is 1. The molecule has 1 saturated heterocycles. The summed E-state index contributed by atoms with van der Waals surface area (Å²) in [4.78, 5) is 23.6. The number of unbranched alkanes of at least 4 members (excludes halogenated alkanes) is 2. The molecule has 214 valence electrons. The zero-order valence-electron chi connectivity index (χ0n) is 21.9. The number of carbonyl (C=O) groups excluding carboxylic acids is 1. The lowest BCUT2D eigenvalue weighted by molar-refractivity contribution is -0.137. The van der Waals surface area contributed by atoms with Crippen molar-refractivity contribution in [3.05, 3.63) is 46.6 Å². The smallest absolute Gasteiger partial charge is 0.370 e. The first-order valence-electron chi connectivity index (χ1n) is 12.6. The van der Waals surface area contributed by atoms with Crippen molar-refractivity contribution in [3.8, 4) is 10.6 Å². The fourth-order valence-electron chi connectivity index (χ4n) is 4.06. The van der Waals surface area contributed by atoms with E-state index in [1.54, 1.807) is 6.08 Å². The van der Waals surface area contributed by atoms with Gasteiger partial charge in [-0.1, -0.05) is 26.5 Å². The number of hydrogen-bond donors (Lipinski definition) is 2. The van der Waals surface area contributed by atoms with Crippen LogP contribution in [0.15, 0.2) is 36.0 Å². The molecule has 3 N–H and O–H groups in total. The Bertz CT molecular complexity index is 1300. The number of nitrogens with zero attached hydrogens (tertiary/aromatic N) is 4. The van der Waals surface area contributed by atoms with Gasteiger partial charge in [0.25, 0.3) is 0 Å². The Morgan fingerprint density at radius 2 is 1.95 bits per heavy atom. The molecule has 3 rings (SSSR count). The third-order valence-corrected chi connectivity index (χ3v) is 9.47. The van der Waals surface area contributed by atoms with Crippen LogP contribution in [-0.2, 0) is 21.0 Å². The summed E-state index contributed by atoms with van der Waals surface area (Å²) < 4.78 is 68.6. The highest BCUT2D eigenvalue weighted by molar-refractivity contribution is 7.93. The number of primary amides is 1. The van der Waals surface area contributed by atoms with Crippen molar-refractivity contribution in [3.63, 3.8) is 0 Å². The van der Waals surface area contributed by atoms with E-state index in [0.717, 1.165) is 17.5 Å². The molecule has 2 aromatic rings. The third kappa shape index (κ3) is 8.08. The number of hydrogen-bond acceptors (Lipinski definition) is 8. The molecule has 1 aliphatic heterocycles. The van der Waals surface area contributed by atoms with E-state index < -0.39 is 27.7 Å². The van der Waals surface area contributed by atoms with Gasteiger partial charge in [0, 0.05) is 43.9 Å². The molecular weight excluding hydrogens is 553 g/mol. The predicted molar refractivity (Wildman–Crippen MR) is 145 cm³/mol. The van der Waals surface area contributed by atoms with E-state index >= 15 is 0 Å². The molecule has 0 radical (unpaired) electrons. The lowest BCUT2D eigenvalue weighted by atomic mass is 10.1. The second-order valence-electron chi connectivity index (χ2n) is 9.52. The summed E-state index contributed by atoms with van der Waals surface area (Å²) in [6.07, 6.45) is 3.17. The van der Waals surface area contributed by atoms with Crippen molar-refractivity contribution in [1.29, 1.82) is 0 Å². The summed E-state index contributed by atoms with van der Waals surface area (Å²) >= 11 is 1.16. The molecule has 0 saturated carbocycles. The average molecular weight is 587 g/mol. The van der Waals surface area contributed by atoms with Crippen LogP contribution in [0.3, 0.4) is 0 Å². The molecule has 0 unspecified atom stereocenters. The van der Waals surface area contributed by atoms with E-state index in [4.69, 9.17) is 5.73 Å². The molecule has 3 heterocycles. The minimum atomic E-state index is -4.63. The maximum absolute atomic E-state index is 13.7. The number of rotatable bonds is 12. The number of thiazole rings is 1. The monoisotopic (exact) mass is 586 g/mol. The Labute approximate surface area is 230 Å². The highest BCUT2D eigenvalue weighted by Gasteiger charge is 2.36. The standard InChI is InChI=1S/C25H33F3N6O3S2/c1-4-18(8-6-5-7-9-21(29)35)39(36,37)34-12-10-17(11-13-34)32-24-31-14-19(25(26,27)28)22(33-24)20-15-30-23(38-20)16(2)3/h4,8,14-17H,1,5-7,9-13H2,2-3H3,(H2,29,35)(H,31,32,33)/b18-8+. The SMILES string of the molecule is C=C/C(=C\CCCCC(N)=O)S(=O)(=O)N1CCC(Nc2ncc(C(F)(F)F)c(-c3cnc(C(C)C)s3)n2)CC1. The van der Waals surface area contributed by atoms with Gasteiger partial charge in [0.15, 0.2) is 0 Å². The van der Waals surface area contributed by atoms with Crippen LogP contribution in [0.5, 0.6) is 0 Å². The quantitative estimate of drug-likeness (QED) is 0.262. The number of alkyl halides is 3. The number of aromatic nitrogens is 3. The molecule has 0 aromatic carbocycles. The first-order valence-corrected chi connectivity index (χ1v) is 14.9. The number of carbonyl (C=O) groups is 1. The molecule has 39 heavy (non-hydrogen) atoms. The molecule has 1 amide bonds. The lowest BCUT2D eigenvalue weighted by Gasteiger charge is -2.32. The van der Waals surface area contributed by atoms with Crippen molar-refractivity contribution in [2.75, 3.05) is 18.4 Å². The van der Waals surface area contributed by atoms with Gasteiger partial charge >= 0.3 is 6.18 Å². The van der Waals surface area contributed by atoms with Crippen LogP contribution in [0.4, 0.5) is 19.1 Å². The van der Waals surface area contributed by atoms with Gasteiger partial charge in [-0.3, -0.25) is 4.79 Å². The van der Waals surface area contributed by atoms with Gasteiger partial charge in [-0.15, -0.1) is 11.3 Å². The zero-order chi connectivity index (χ0) is 28.8. The Balaban J connectivity index is 1.68. The van der Waals surface area contributed by atoms with E-state index in [-0.39, 0.29) is 48.0 Å². The van der Waals surface area contributed by atoms with Crippen LogP contribution >= 0.6 is 11.3 Å². The molecular formula is C25H33F3N6O3S2. The van der Waals surface area contributed by atoms with Crippen LogP contribution in [0, 0.1) is 0 Å². The van der Waals surface area contributed by atoms with Crippen molar-refractivity contribution >= 4 is 33.2 Å². The number of nitrogens with one attached hydrogen (secondary N) is 1. The molecule has 0 bridgehead atoms. The number of allylic oxidation sites excluding steroid dienone is 2. The van der Waals surface area contributed by atoms with Crippen LogP contribution in [0.2, 0.25) is 0 Å². The van der Waals surface area contributed by atoms with Gasteiger partial charge < -0.3 is 11.1 Å². The number of anilines is 1. The van der Waals surface area contributed by atoms with Crippen LogP contribution in [0.1, 0.15) is 68.9 Å². The topological polar surface area (TPSA) is 131 Å². The van der Waals surface area contributed by atoms with Crippen LogP contribution in [-0.4, -0.2) is 52.7 Å². The largest absolute Gasteiger partial charge is 0.420 e. The van der Waals surface area contributed by atoms with E-state index in [2.05, 4.69) is 26.8 Å². The van der Waals surface area contributed by atoms with Gasteiger partial charge in [-0.2, -0.15) is 17.5 Å². The average Bonchev–Trinajstić information content (AvgIpc) is 3.36. The minimum Gasteiger partial charge on any atom is -0.370 e. The van der Waals surface area contributed by atoms with E-state index in [0.29, 0.717) is 42.0 Å². The summed E-state index contributed by atoms with van der Waals surface area (Å²) in [7, 11) is -3.75. The van der Waals surface area contributed by atoms with Crippen LogP contribution < -0.4 is 11.1 Å². The Morgan fingerprint density at radius 3 is 2.51 bits per heavy atom. The van der Waals surface area contributed by atoms with Gasteiger partial charge in [-0.25, -0.2) is 23.4 Å². The first kappa shape index (κ1) is 30.7. The molecule has 0 spiro atoms. The molecule has 14 heteroatoms. The van der Waals surface area contributed by atoms with Crippen molar-refractivity contribution in [2.24, 2.45) is 5.73 Å². The van der Waals surface area contributed by atoms with Gasteiger partial charge in [0.1, 0.15) is 5.56 Å². The Hall–Kier alpha value is -2.84. The molecule has 9 nitrogen and oxygen atoms in total. The molecule has 2 aromatic heterocycles. The summed E-state index contributed by atoms with van der Waals surface area (Å²) in [5.74, 6) is -0.285. The van der Waals surface area contributed by atoms with Gasteiger partial charge in [-0.05, 0) is 38.2 Å². The highest BCUT2D eigenvalue weighted by atomic mass is 32.2. The second-order valence-corrected chi connectivity index (χ2v) is 12.5. The summed E-state index contributed by atoms with van der Waals surface area (Å²) in [6.45, 7) is 7.88. The fourth-order valence-corrected chi connectivity index (χ4v) is 6.52. The number of amides is 1. The van der Waals surface area contributed by atoms with E-state index in [1.165, 1.54) is 16.6 Å². The minimum absolute atomic E-state index is 0.0430. The molecule has 0 atom stereocenters. The Kier molecular flexibility index (Phi) is 10.2.